The zero-order valence-electron chi connectivity index (χ0n) is 19.3. The zero-order chi connectivity index (χ0) is 24.7. The van der Waals surface area contributed by atoms with Crippen LogP contribution in [0.15, 0.2) is 11.0 Å². The second kappa shape index (κ2) is 12.1. The first-order valence-electron chi connectivity index (χ1n) is 12.0. The summed E-state index contributed by atoms with van der Waals surface area (Å²) in [6.45, 7) is 0.0423. The molecule has 4 bridgehead atoms. The molecule has 0 saturated carbocycles. The van der Waals surface area contributed by atoms with Crippen molar-refractivity contribution in [3.05, 3.63) is 28.3 Å². The summed E-state index contributed by atoms with van der Waals surface area (Å²) in [6.07, 6.45) is 4.60. The highest BCUT2D eigenvalue weighted by Crippen LogP contribution is 2.32. The average Bonchev–Trinajstić information content (AvgIpc) is 2.79. The molecular formula is C24H34O9S. The highest BCUT2D eigenvalue weighted by molar-refractivity contribution is 7.85. The molecule has 2 atom stereocenters. The van der Waals surface area contributed by atoms with Crippen LogP contribution in [0.2, 0.25) is 0 Å². The number of aliphatic hydroxyl groups excluding tert-OH is 2. The zero-order valence-corrected chi connectivity index (χ0v) is 20.1. The van der Waals surface area contributed by atoms with Gasteiger partial charge in [-0.05, 0) is 68.6 Å². The Hall–Kier alpha value is -2.01. The van der Waals surface area contributed by atoms with Gasteiger partial charge in [-0.25, -0.2) is 9.59 Å². The van der Waals surface area contributed by atoms with Crippen molar-refractivity contribution >= 4 is 22.1 Å². The molecule has 0 radical (unpaired) electrons. The number of carbonyl (C=O) groups excluding carboxylic acids is 2. The number of carbonyl (C=O) groups is 2. The highest BCUT2D eigenvalue weighted by Gasteiger charge is 2.31. The Morgan fingerprint density at radius 3 is 2.09 bits per heavy atom. The van der Waals surface area contributed by atoms with Crippen LogP contribution in [0.5, 0.6) is 0 Å². The average molecular weight is 499 g/mol. The van der Waals surface area contributed by atoms with Gasteiger partial charge < -0.3 is 19.7 Å². The molecule has 1 aromatic carbocycles. The van der Waals surface area contributed by atoms with Gasteiger partial charge in [0.1, 0.15) is 0 Å². The van der Waals surface area contributed by atoms with Gasteiger partial charge in [0, 0.05) is 6.42 Å². The number of aliphatic hydroxyl groups is 2. The Bertz CT molecular complexity index is 987. The summed E-state index contributed by atoms with van der Waals surface area (Å²) in [4.78, 5) is 25.7. The molecule has 190 valence electrons. The number of rotatable bonds is 1. The number of cyclic esters (lactones) is 2. The topological polar surface area (TPSA) is 147 Å². The van der Waals surface area contributed by atoms with Crippen molar-refractivity contribution in [1.29, 1.82) is 0 Å². The molecule has 0 spiro atoms. The van der Waals surface area contributed by atoms with Gasteiger partial charge in [-0.15, -0.1) is 0 Å². The van der Waals surface area contributed by atoms with Gasteiger partial charge in [-0.2, -0.15) is 8.42 Å². The summed E-state index contributed by atoms with van der Waals surface area (Å²) >= 11 is 0. The Kier molecular flexibility index (Phi) is 9.47. The third kappa shape index (κ3) is 7.00. The van der Waals surface area contributed by atoms with E-state index in [0.29, 0.717) is 37.7 Å². The summed E-state index contributed by atoms with van der Waals surface area (Å²) in [7, 11) is -4.80. The van der Waals surface area contributed by atoms with E-state index in [4.69, 9.17) is 9.47 Å². The Balaban J connectivity index is 2.19. The molecule has 1 aromatic rings. The monoisotopic (exact) mass is 498 g/mol. The Morgan fingerprint density at radius 2 is 1.38 bits per heavy atom. The molecule has 34 heavy (non-hydrogen) atoms. The van der Waals surface area contributed by atoms with E-state index in [1.807, 2.05) is 0 Å². The molecular weight excluding hydrogens is 464 g/mol. The van der Waals surface area contributed by atoms with Crippen molar-refractivity contribution < 1.29 is 42.2 Å². The van der Waals surface area contributed by atoms with Gasteiger partial charge in [-0.3, -0.25) is 4.55 Å². The van der Waals surface area contributed by atoms with Crippen molar-refractivity contribution in [2.75, 3.05) is 13.2 Å². The summed E-state index contributed by atoms with van der Waals surface area (Å²) in [5.41, 5.74) is 0.229. The van der Waals surface area contributed by atoms with Crippen molar-refractivity contribution in [3.8, 4) is 0 Å². The van der Waals surface area contributed by atoms with Crippen LogP contribution in [0.4, 0.5) is 0 Å². The van der Waals surface area contributed by atoms with Crippen LogP contribution in [-0.4, -0.2) is 60.5 Å². The molecule has 0 saturated heterocycles. The maximum absolute atomic E-state index is 13.3. The number of hydrogen-bond acceptors (Lipinski definition) is 8. The molecule has 2 aliphatic rings. The van der Waals surface area contributed by atoms with Gasteiger partial charge >= 0.3 is 11.9 Å². The molecule has 3 rings (SSSR count). The third-order valence-corrected chi connectivity index (χ3v) is 7.41. The number of ether oxygens (including phenoxy) is 2. The van der Waals surface area contributed by atoms with E-state index < -0.39 is 39.2 Å². The minimum Gasteiger partial charge on any atom is -0.462 e. The number of esters is 2. The molecule has 9 nitrogen and oxygen atoms in total. The Labute approximate surface area is 200 Å². The van der Waals surface area contributed by atoms with E-state index in [2.05, 4.69) is 0 Å². The van der Waals surface area contributed by atoms with E-state index in [0.717, 1.165) is 31.7 Å². The van der Waals surface area contributed by atoms with Crippen LogP contribution < -0.4 is 0 Å². The van der Waals surface area contributed by atoms with Crippen LogP contribution in [0.25, 0.3) is 0 Å². The SMILES string of the molecule is O=C1OCCCCCC(O)CCOC(=O)c2c3c1cc(S(=O)(=O)O)c2CCC(O)CCCCC3. The molecule has 0 amide bonds. The van der Waals surface area contributed by atoms with Crippen molar-refractivity contribution in [2.24, 2.45) is 0 Å². The Morgan fingerprint density at radius 1 is 0.735 bits per heavy atom. The lowest BCUT2D eigenvalue weighted by atomic mass is 9.90. The number of hydrogen-bond donors (Lipinski definition) is 3. The molecule has 3 N–H and O–H groups in total. The van der Waals surface area contributed by atoms with Gasteiger partial charge in [0.2, 0.25) is 0 Å². The summed E-state index contributed by atoms with van der Waals surface area (Å²) in [5, 5.41) is 20.5. The van der Waals surface area contributed by atoms with Crippen molar-refractivity contribution in [2.45, 2.75) is 94.2 Å². The largest absolute Gasteiger partial charge is 0.462 e. The summed E-state index contributed by atoms with van der Waals surface area (Å²) < 4.78 is 45.5. The van der Waals surface area contributed by atoms with Crippen LogP contribution in [0.3, 0.4) is 0 Å². The molecule has 1 heterocycles. The molecule has 1 aliphatic carbocycles. The van der Waals surface area contributed by atoms with Crippen LogP contribution in [-0.2, 0) is 32.4 Å². The van der Waals surface area contributed by atoms with Gasteiger partial charge in [0.25, 0.3) is 10.1 Å². The number of benzene rings is 1. The van der Waals surface area contributed by atoms with E-state index in [9.17, 15) is 32.8 Å². The van der Waals surface area contributed by atoms with Crippen molar-refractivity contribution in [3.63, 3.8) is 0 Å². The predicted octanol–water partition coefficient (Wildman–Crippen LogP) is 2.98. The van der Waals surface area contributed by atoms with Crippen molar-refractivity contribution in [1.82, 2.24) is 0 Å². The first kappa shape index (κ1) is 26.6. The molecule has 0 fully saturated rings. The molecule has 0 aromatic heterocycles. The van der Waals surface area contributed by atoms with E-state index >= 15 is 0 Å². The second-order valence-electron chi connectivity index (χ2n) is 9.08. The minimum atomic E-state index is -4.80. The quantitative estimate of drug-likeness (QED) is 0.392. The lowest BCUT2D eigenvalue weighted by Gasteiger charge is -2.20. The molecule has 10 heteroatoms. The van der Waals surface area contributed by atoms with Crippen LogP contribution >= 0.6 is 0 Å². The summed E-state index contributed by atoms with van der Waals surface area (Å²) in [6, 6.07) is 1.09. The van der Waals surface area contributed by atoms with E-state index in [1.165, 1.54) is 0 Å². The fourth-order valence-electron chi connectivity index (χ4n) is 4.63. The smallest absolute Gasteiger partial charge is 0.338 e. The molecule has 1 aliphatic heterocycles. The maximum Gasteiger partial charge on any atom is 0.338 e. The molecule has 2 unspecified atom stereocenters. The standard InChI is InChI=1S/C24H34O9S/c25-16-7-3-1-5-9-18-20-15-21(34(29,30)31)19(11-10-16)22(18)24(28)33-14-12-17(26)8-4-2-6-13-32-23(20)27/h15-17,25-26H,1-14H2,(H,29,30,31). The van der Waals surface area contributed by atoms with Crippen LogP contribution in [0.1, 0.15) is 96.1 Å². The predicted molar refractivity (Wildman–Crippen MR) is 122 cm³/mol. The lowest BCUT2D eigenvalue weighted by Crippen LogP contribution is -2.22. The summed E-state index contributed by atoms with van der Waals surface area (Å²) in [5.74, 6) is -1.58. The second-order valence-corrected chi connectivity index (χ2v) is 10.5. The van der Waals surface area contributed by atoms with E-state index in [-0.39, 0.29) is 49.2 Å². The minimum absolute atomic E-state index is 0.00563. The van der Waals surface area contributed by atoms with E-state index in [1.54, 1.807) is 0 Å². The fourth-order valence-corrected chi connectivity index (χ4v) is 5.41. The van der Waals surface area contributed by atoms with Gasteiger partial charge in [0.05, 0.1) is 41.4 Å². The normalized spacial score (nSPS) is 24.1. The fraction of sp³-hybridized carbons (Fsp3) is 0.667. The highest BCUT2D eigenvalue weighted by atomic mass is 32.2. The third-order valence-electron chi connectivity index (χ3n) is 6.49. The van der Waals surface area contributed by atoms with Crippen LogP contribution in [0, 0.1) is 0 Å². The van der Waals surface area contributed by atoms with Gasteiger partial charge in [0.15, 0.2) is 0 Å². The lowest BCUT2D eigenvalue weighted by molar-refractivity contribution is 0.0417. The first-order chi connectivity index (χ1) is 16.2. The maximum atomic E-state index is 13.3. The van der Waals surface area contributed by atoms with Gasteiger partial charge in [-0.1, -0.05) is 19.3 Å². The first-order valence-corrected chi connectivity index (χ1v) is 13.5.